The molecule has 0 spiro atoms. The number of nitrogens with zero attached hydrogens (tertiary/aromatic N) is 1. The van der Waals surface area contributed by atoms with Crippen LogP contribution in [0.2, 0.25) is 0 Å². The lowest BCUT2D eigenvalue weighted by Crippen LogP contribution is -2.54. The van der Waals surface area contributed by atoms with Crippen molar-refractivity contribution in [1.82, 2.24) is 10.2 Å². The van der Waals surface area contributed by atoms with Crippen molar-refractivity contribution in [2.45, 2.75) is 51.0 Å². The normalized spacial score (nSPS) is 19.0. The molecule has 1 aromatic rings. The lowest BCUT2D eigenvalue weighted by atomic mass is 10.0. The lowest BCUT2D eigenvalue weighted by Gasteiger charge is -2.27. The molecule has 7 nitrogen and oxygen atoms in total. The van der Waals surface area contributed by atoms with E-state index < -0.39 is 29.7 Å². The van der Waals surface area contributed by atoms with Gasteiger partial charge in [0, 0.05) is 11.8 Å². The number of imide groups is 2. The molecule has 2 aliphatic rings. The van der Waals surface area contributed by atoms with Crippen molar-refractivity contribution in [3.8, 4) is 5.75 Å². The van der Waals surface area contributed by atoms with Crippen molar-refractivity contribution in [2.75, 3.05) is 11.9 Å². The molecule has 2 aliphatic heterocycles. The van der Waals surface area contributed by atoms with Gasteiger partial charge in [-0.05, 0) is 31.4 Å². The van der Waals surface area contributed by atoms with Gasteiger partial charge in [0.1, 0.15) is 11.8 Å². The van der Waals surface area contributed by atoms with Gasteiger partial charge in [-0.15, -0.1) is 0 Å². The van der Waals surface area contributed by atoms with E-state index in [4.69, 9.17) is 4.74 Å². The standard InChI is InChI=1S/C20H23BrN2O5/c21-11-4-2-1-3-5-12-28-15-8-6-7-13-17(15)20(27)23(19(13)26)14-9-10-16(24)22-18(14)25/h6-8,14H,1-5,9-12H2,(H,22,24,25). The van der Waals surface area contributed by atoms with E-state index in [9.17, 15) is 19.2 Å². The highest BCUT2D eigenvalue weighted by Crippen LogP contribution is 2.33. The molecule has 28 heavy (non-hydrogen) atoms. The third-order valence-electron chi connectivity index (χ3n) is 4.97. The van der Waals surface area contributed by atoms with Crippen LogP contribution in [0.15, 0.2) is 18.2 Å². The summed E-state index contributed by atoms with van der Waals surface area (Å²) < 4.78 is 5.79. The number of amides is 4. The molecule has 8 heteroatoms. The monoisotopic (exact) mass is 450 g/mol. The van der Waals surface area contributed by atoms with Gasteiger partial charge in [0.15, 0.2) is 0 Å². The predicted octanol–water partition coefficient (Wildman–Crippen LogP) is 2.81. The molecule has 0 radical (unpaired) electrons. The number of fused-ring (bicyclic) bond motifs is 1. The number of unbranched alkanes of at least 4 members (excludes halogenated alkanes) is 4. The number of rotatable bonds is 9. The van der Waals surface area contributed by atoms with Crippen molar-refractivity contribution >= 4 is 39.6 Å². The maximum Gasteiger partial charge on any atom is 0.266 e. The Hall–Kier alpha value is -2.22. The van der Waals surface area contributed by atoms with Gasteiger partial charge in [-0.3, -0.25) is 29.4 Å². The van der Waals surface area contributed by atoms with Crippen molar-refractivity contribution < 1.29 is 23.9 Å². The maximum absolute atomic E-state index is 12.9. The average Bonchev–Trinajstić information content (AvgIpc) is 2.93. The summed E-state index contributed by atoms with van der Waals surface area (Å²) in [5.74, 6) is -1.70. The quantitative estimate of drug-likeness (QED) is 0.354. The molecule has 1 fully saturated rings. The fraction of sp³-hybridized carbons (Fsp3) is 0.500. The summed E-state index contributed by atoms with van der Waals surface area (Å²) in [6, 6.07) is 3.94. The van der Waals surface area contributed by atoms with Gasteiger partial charge in [0.2, 0.25) is 11.8 Å². The maximum atomic E-state index is 12.9. The van der Waals surface area contributed by atoms with E-state index in [1.165, 1.54) is 6.42 Å². The van der Waals surface area contributed by atoms with Gasteiger partial charge in [-0.25, -0.2) is 0 Å². The zero-order chi connectivity index (χ0) is 20.1. The molecular formula is C20H23BrN2O5. The highest BCUT2D eigenvalue weighted by Gasteiger charge is 2.45. The topological polar surface area (TPSA) is 92.8 Å². The van der Waals surface area contributed by atoms with E-state index in [1.807, 2.05) is 0 Å². The minimum Gasteiger partial charge on any atom is -0.493 e. The number of carbonyl (C=O) groups is 4. The number of nitrogens with one attached hydrogen (secondary N) is 1. The summed E-state index contributed by atoms with van der Waals surface area (Å²) in [6.07, 6.45) is 5.59. The number of carbonyl (C=O) groups excluding carboxylic acids is 4. The zero-order valence-corrected chi connectivity index (χ0v) is 17.1. The molecule has 1 unspecified atom stereocenters. The molecule has 150 valence electrons. The van der Waals surface area contributed by atoms with Crippen LogP contribution in [-0.2, 0) is 9.59 Å². The van der Waals surface area contributed by atoms with Gasteiger partial charge in [0.05, 0.1) is 17.7 Å². The number of hydrogen-bond donors (Lipinski definition) is 1. The Morgan fingerprint density at radius 1 is 1.04 bits per heavy atom. The highest BCUT2D eigenvalue weighted by molar-refractivity contribution is 9.09. The van der Waals surface area contributed by atoms with Crippen LogP contribution in [-0.4, -0.2) is 46.5 Å². The predicted molar refractivity (Wildman–Crippen MR) is 105 cm³/mol. The second-order valence-corrected chi connectivity index (χ2v) is 7.72. The van der Waals surface area contributed by atoms with E-state index in [-0.39, 0.29) is 24.0 Å². The van der Waals surface area contributed by atoms with Gasteiger partial charge in [-0.1, -0.05) is 41.3 Å². The molecular weight excluding hydrogens is 428 g/mol. The Labute approximate surface area is 171 Å². The number of benzene rings is 1. The lowest BCUT2D eigenvalue weighted by molar-refractivity contribution is -0.136. The van der Waals surface area contributed by atoms with E-state index in [0.29, 0.717) is 12.4 Å². The van der Waals surface area contributed by atoms with Gasteiger partial charge >= 0.3 is 0 Å². The molecule has 1 aromatic carbocycles. The van der Waals surface area contributed by atoms with Gasteiger partial charge < -0.3 is 4.74 Å². The van der Waals surface area contributed by atoms with Crippen molar-refractivity contribution in [3.63, 3.8) is 0 Å². The molecule has 0 bridgehead atoms. The van der Waals surface area contributed by atoms with E-state index >= 15 is 0 Å². The van der Waals surface area contributed by atoms with Crippen molar-refractivity contribution in [3.05, 3.63) is 29.3 Å². The Morgan fingerprint density at radius 3 is 2.54 bits per heavy atom. The second kappa shape index (κ2) is 9.32. The average molecular weight is 451 g/mol. The molecule has 3 rings (SSSR count). The number of piperidine rings is 1. The molecule has 4 amide bonds. The molecule has 1 saturated heterocycles. The SMILES string of the molecule is O=C1CCC(N2C(=O)c3cccc(OCCCCCCCBr)c3C2=O)C(=O)N1. The third kappa shape index (κ3) is 4.27. The first-order valence-corrected chi connectivity index (χ1v) is 10.7. The van der Waals surface area contributed by atoms with Crippen LogP contribution in [0, 0.1) is 0 Å². The second-order valence-electron chi connectivity index (χ2n) is 6.93. The Kier molecular flexibility index (Phi) is 6.83. The minimum atomic E-state index is -0.965. The molecule has 2 heterocycles. The Bertz CT molecular complexity index is 795. The van der Waals surface area contributed by atoms with Gasteiger partial charge in [-0.2, -0.15) is 0 Å². The molecule has 1 atom stereocenters. The van der Waals surface area contributed by atoms with Gasteiger partial charge in [0.25, 0.3) is 11.8 Å². The number of ether oxygens (including phenoxy) is 1. The van der Waals surface area contributed by atoms with Crippen LogP contribution in [0.5, 0.6) is 5.75 Å². The molecule has 0 aliphatic carbocycles. The summed E-state index contributed by atoms with van der Waals surface area (Å²) in [6.45, 7) is 0.463. The summed E-state index contributed by atoms with van der Waals surface area (Å²) in [5, 5.41) is 3.21. The molecule has 0 aromatic heterocycles. The highest BCUT2D eigenvalue weighted by atomic mass is 79.9. The van der Waals surface area contributed by atoms with E-state index in [1.54, 1.807) is 18.2 Å². The molecule has 0 saturated carbocycles. The number of alkyl halides is 1. The third-order valence-corrected chi connectivity index (χ3v) is 5.53. The summed E-state index contributed by atoms with van der Waals surface area (Å²) in [4.78, 5) is 50.1. The summed E-state index contributed by atoms with van der Waals surface area (Å²) in [7, 11) is 0. The Balaban J connectivity index is 1.66. The first-order valence-electron chi connectivity index (χ1n) is 9.58. The zero-order valence-electron chi connectivity index (χ0n) is 15.5. The van der Waals surface area contributed by atoms with Crippen LogP contribution in [0.3, 0.4) is 0 Å². The smallest absolute Gasteiger partial charge is 0.266 e. The first kappa shape index (κ1) is 20.5. The summed E-state index contributed by atoms with van der Waals surface area (Å²) in [5.41, 5.74) is 0.445. The minimum absolute atomic E-state index is 0.0995. The van der Waals surface area contributed by atoms with Crippen LogP contribution >= 0.6 is 15.9 Å². The summed E-state index contributed by atoms with van der Waals surface area (Å²) >= 11 is 3.41. The Morgan fingerprint density at radius 2 is 1.79 bits per heavy atom. The van der Waals surface area contributed by atoms with E-state index in [0.717, 1.165) is 35.9 Å². The van der Waals surface area contributed by atoms with Crippen LogP contribution in [0.25, 0.3) is 0 Å². The van der Waals surface area contributed by atoms with E-state index in [2.05, 4.69) is 21.2 Å². The van der Waals surface area contributed by atoms with Crippen LogP contribution < -0.4 is 10.1 Å². The number of hydrogen-bond acceptors (Lipinski definition) is 5. The molecule has 1 N–H and O–H groups in total. The van der Waals surface area contributed by atoms with Crippen LogP contribution in [0.4, 0.5) is 0 Å². The fourth-order valence-electron chi connectivity index (χ4n) is 3.51. The van der Waals surface area contributed by atoms with Crippen molar-refractivity contribution in [2.24, 2.45) is 0 Å². The fourth-order valence-corrected chi connectivity index (χ4v) is 3.91. The van der Waals surface area contributed by atoms with Crippen LogP contribution in [0.1, 0.15) is 65.7 Å². The number of halogens is 1. The van der Waals surface area contributed by atoms with Crippen molar-refractivity contribution in [1.29, 1.82) is 0 Å². The first-order chi connectivity index (χ1) is 13.5. The largest absolute Gasteiger partial charge is 0.493 e.